The van der Waals surface area contributed by atoms with Gasteiger partial charge in [-0.2, -0.15) is 0 Å². The molecule has 2 N–H and O–H groups in total. The molecule has 25 heavy (non-hydrogen) atoms. The van der Waals surface area contributed by atoms with Crippen molar-refractivity contribution in [3.05, 3.63) is 47.5 Å². The highest BCUT2D eigenvalue weighted by atomic mass is 127. The summed E-state index contributed by atoms with van der Waals surface area (Å²) < 4.78 is 1.96. The van der Waals surface area contributed by atoms with Crippen molar-refractivity contribution in [3.63, 3.8) is 0 Å². The van der Waals surface area contributed by atoms with Crippen molar-refractivity contribution in [2.75, 3.05) is 6.54 Å². The van der Waals surface area contributed by atoms with Gasteiger partial charge in [0.1, 0.15) is 12.4 Å². The van der Waals surface area contributed by atoms with Crippen molar-refractivity contribution in [3.8, 4) is 0 Å². The lowest BCUT2D eigenvalue weighted by molar-refractivity contribution is 0.592. The lowest BCUT2D eigenvalue weighted by Gasteiger charge is -2.17. The molecule has 0 saturated carbocycles. The molecule has 0 bridgehead atoms. The molecule has 6 nitrogen and oxygen atoms in total. The summed E-state index contributed by atoms with van der Waals surface area (Å²) in [5, 5.41) is 15.0. The van der Waals surface area contributed by atoms with Gasteiger partial charge in [0.05, 0.1) is 0 Å². The van der Waals surface area contributed by atoms with Gasteiger partial charge in [-0.05, 0) is 39.2 Å². The molecule has 1 atom stereocenters. The number of hydrogen-bond donors (Lipinski definition) is 2. The van der Waals surface area contributed by atoms with E-state index in [0.717, 1.165) is 37.0 Å². The third-order valence-corrected chi connectivity index (χ3v) is 4.00. The molecular weight excluding hydrogens is 427 g/mol. The largest absolute Gasteiger partial charge is 0.357 e. The number of guanidine groups is 1. The fraction of sp³-hybridized carbons (Fsp3) is 0.500. The Hall–Kier alpha value is -1.64. The second-order valence-corrected chi connectivity index (χ2v) is 5.99. The summed E-state index contributed by atoms with van der Waals surface area (Å²) >= 11 is 0. The van der Waals surface area contributed by atoms with Gasteiger partial charge in [0.25, 0.3) is 0 Å². The standard InChI is InChI=1S/C18H28N6.HI/c1-5-19-18(20-13-17-23-22-15(3)24(17)4)21-14(2)11-12-16-9-7-6-8-10-16;/h6-10,14H,5,11-13H2,1-4H3,(H2,19,20,21);1H. The Morgan fingerprint density at radius 2 is 1.96 bits per heavy atom. The number of aliphatic imine (C=N–C) groups is 1. The van der Waals surface area contributed by atoms with Gasteiger partial charge in [-0.15, -0.1) is 34.2 Å². The summed E-state index contributed by atoms with van der Waals surface area (Å²) in [6.07, 6.45) is 2.11. The van der Waals surface area contributed by atoms with Crippen LogP contribution in [-0.2, 0) is 20.0 Å². The highest BCUT2D eigenvalue weighted by Crippen LogP contribution is 2.05. The highest BCUT2D eigenvalue weighted by Gasteiger charge is 2.08. The fourth-order valence-electron chi connectivity index (χ4n) is 2.39. The minimum absolute atomic E-state index is 0. The number of rotatable bonds is 7. The topological polar surface area (TPSA) is 67.1 Å². The van der Waals surface area contributed by atoms with Crippen LogP contribution < -0.4 is 10.6 Å². The number of benzene rings is 1. The molecule has 1 aromatic carbocycles. The van der Waals surface area contributed by atoms with E-state index in [0.29, 0.717) is 12.6 Å². The Bertz CT molecular complexity index is 653. The Labute approximate surface area is 167 Å². The van der Waals surface area contributed by atoms with E-state index in [9.17, 15) is 0 Å². The van der Waals surface area contributed by atoms with Gasteiger partial charge in [-0.1, -0.05) is 30.3 Å². The molecule has 138 valence electrons. The molecule has 2 rings (SSSR count). The molecule has 1 unspecified atom stereocenters. The van der Waals surface area contributed by atoms with Gasteiger partial charge in [0.2, 0.25) is 0 Å². The molecule has 0 aliphatic carbocycles. The molecule has 7 heteroatoms. The Kier molecular flexibility index (Phi) is 9.48. The van der Waals surface area contributed by atoms with Gasteiger partial charge in [-0.3, -0.25) is 0 Å². The van der Waals surface area contributed by atoms with Crippen LogP contribution in [0.4, 0.5) is 0 Å². The molecule has 0 fully saturated rings. The zero-order chi connectivity index (χ0) is 17.4. The minimum atomic E-state index is 0. The quantitative estimate of drug-likeness (QED) is 0.382. The van der Waals surface area contributed by atoms with Crippen LogP contribution in [-0.4, -0.2) is 33.3 Å². The first-order valence-corrected chi connectivity index (χ1v) is 8.53. The molecule has 1 heterocycles. The minimum Gasteiger partial charge on any atom is -0.357 e. The van der Waals surface area contributed by atoms with E-state index in [1.165, 1.54) is 5.56 Å². The normalized spacial score (nSPS) is 12.4. The molecule has 0 amide bonds. The Balaban J connectivity index is 0.00000312. The second-order valence-electron chi connectivity index (χ2n) is 5.99. The summed E-state index contributed by atoms with van der Waals surface area (Å²) in [6, 6.07) is 10.9. The van der Waals surface area contributed by atoms with Crippen LogP contribution in [0, 0.1) is 6.92 Å². The smallest absolute Gasteiger partial charge is 0.191 e. The van der Waals surface area contributed by atoms with Gasteiger partial charge in [0.15, 0.2) is 11.8 Å². The summed E-state index contributed by atoms with van der Waals surface area (Å²) in [5.74, 6) is 2.58. The van der Waals surface area contributed by atoms with Gasteiger partial charge >= 0.3 is 0 Å². The maximum Gasteiger partial charge on any atom is 0.191 e. The lowest BCUT2D eigenvalue weighted by atomic mass is 10.1. The van der Waals surface area contributed by atoms with Crippen LogP contribution in [0.15, 0.2) is 35.3 Å². The van der Waals surface area contributed by atoms with Crippen LogP contribution in [0.5, 0.6) is 0 Å². The SMILES string of the molecule is CCNC(=NCc1nnc(C)n1C)NC(C)CCc1ccccc1.I. The first-order valence-electron chi connectivity index (χ1n) is 8.53. The number of halogens is 1. The summed E-state index contributed by atoms with van der Waals surface area (Å²) in [6.45, 7) is 7.53. The van der Waals surface area contributed by atoms with Crippen LogP contribution in [0.1, 0.15) is 37.5 Å². The van der Waals surface area contributed by atoms with E-state index in [4.69, 9.17) is 0 Å². The number of aromatic nitrogens is 3. The molecular formula is C18H29IN6. The monoisotopic (exact) mass is 456 g/mol. The van der Waals surface area contributed by atoms with Gasteiger partial charge in [0, 0.05) is 19.6 Å². The average molecular weight is 456 g/mol. The molecule has 1 aromatic heterocycles. The van der Waals surface area contributed by atoms with Crippen molar-refractivity contribution in [2.45, 2.75) is 46.2 Å². The lowest BCUT2D eigenvalue weighted by Crippen LogP contribution is -2.42. The number of nitrogens with one attached hydrogen (secondary N) is 2. The number of nitrogens with zero attached hydrogens (tertiary/aromatic N) is 4. The van der Waals surface area contributed by atoms with Crippen LogP contribution in [0.25, 0.3) is 0 Å². The first kappa shape index (κ1) is 21.4. The van der Waals surface area contributed by atoms with E-state index >= 15 is 0 Å². The zero-order valence-electron chi connectivity index (χ0n) is 15.5. The van der Waals surface area contributed by atoms with Gasteiger partial charge < -0.3 is 15.2 Å². The van der Waals surface area contributed by atoms with Crippen molar-refractivity contribution >= 4 is 29.9 Å². The predicted molar refractivity (Wildman–Crippen MR) is 113 cm³/mol. The number of hydrogen-bond acceptors (Lipinski definition) is 3. The molecule has 0 spiro atoms. The fourth-order valence-corrected chi connectivity index (χ4v) is 2.39. The van der Waals surface area contributed by atoms with Crippen LogP contribution in [0.3, 0.4) is 0 Å². The Morgan fingerprint density at radius 1 is 1.24 bits per heavy atom. The third-order valence-electron chi connectivity index (χ3n) is 4.00. The second kappa shape index (κ2) is 11.1. The molecule has 2 aromatic rings. The van der Waals surface area contributed by atoms with Gasteiger partial charge in [-0.25, -0.2) is 4.99 Å². The van der Waals surface area contributed by atoms with E-state index < -0.39 is 0 Å². The summed E-state index contributed by atoms with van der Waals surface area (Å²) in [4.78, 5) is 4.62. The maximum atomic E-state index is 4.62. The van der Waals surface area contributed by atoms with E-state index in [1.807, 2.05) is 18.5 Å². The summed E-state index contributed by atoms with van der Waals surface area (Å²) in [5.41, 5.74) is 1.36. The van der Waals surface area contributed by atoms with E-state index in [1.54, 1.807) is 0 Å². The summed E-state index contributed by atoms with van der Waals surface area (Å²) in [7, 11) is 1.96. The van der Waals surface area contributed by atoms with Crippen molar-refractivity contribution < 1.29 is 0 Å². The number of aryl methyl sites for hydroxylation is 2. The van der Waals surface area contributed by atoms with Crippen LogP contribution >= 0.6 is 24.0 Å². The zero-order valence-corrected chi connectivity index (χ0v) is 17.8. The highest BCUT2D eigenvalue weighted by molar-refractivity contribution is 14.0. The van der Waals surface area contributed by atoms with E-state index in [-0.39, 0.29) is 24.0 Å². The molecule has 0 aliphatic rings. The van der Waals surface area contributed by atoms with E-state index in [2.05, 4.69) is 70.0 Å². The maximum absolute atomic E-state index is 4.62. The third kappa shape index (κ3) is 7.01. The molecule has 0 saturated heterocycles. The molecule has 0 radical (unpaired) electrons. The average Bonchev–Trinajstić information content (AvgIpc) is 2.91. The predicted octanol–water partition coefficient (Wildman–Crippen LogP) is 2.82. The van der Waals surface area contributed by atoms with Crippen molar-refractivity contribution in [1.29, 1.82) is 0 Å². The molecule has 0 aliphatic heterocycles. The van der Waals surface area contributed by atoms with Crippen molar-refractivity contribution in [2.24, 2.45) is 12.0 Å². The van der Waals surface area contributed by atoms with Crippen molar-refractivity contribution in [1.82, 2.24) is 25.4 Å². The first-order chi connectivity index (χ1) is 11.6. The Morgan fingerprint density at radius 3 is 2.56 bits per heavy atom. The van der Waals surface area contributed by atoms with Crippen LogP contribution in [0.2, 0.25) is 0 Å².